The third-order valence-corrected chi connectivity index (χ3v) is 15.9. The van der Waals surface area contributed by atoms with Crippen LogP contribution in [0, 0.1) is 17.8 Å². The van der Waals surface area contributed by atoms with Gasteiger partial charge in [0.05, 0.1) is 46.9 Å². The van der Waals surface area contributed by atoms with Gasteiger partial charge in [-0.25, -0.2) is 9.24 Å². The third kappa shape index (κ3) is 34.9. The largest absolute Gasteiger partial charge is 0.462 e. The van der Waals surface area contributed by atoms with E-state index >= 15 is 0 Å². The molecule has 1 fully saturated rings. The number of nitrogens with zero attached hydrogens (tertiary/aromatic N) is 2. The van der Waals surface area contributed by atoms with Gasteiger partial charge in [0.15, 0.2) is 6.10 Å². The summed E-state index contributed by atoms with van der Waals surface area (Å²) in [4.78, 5) is 26.3. The Labute approximate surface area is 403 Å². The highest BCUT2D eigenvalue weighted by Crippen LogP contribution is 2.55. The van der Waals surface area contributed by atoms with Crippen molar-refractivity contribution < 1.29 is 37.2 Å². The Balaban J connectivity index is 2.70. The van der Waals surface area contributed by atoms with Gasteiger partial charge < -0.3 is 14.0 Å². The van der Waals surface area contributed by atoms with E-state index in [9.17, 15) is 14.2 Å². The number of carbonyl (C=O) groups is 2. The van der Waals surface area contributed by atoms with Gasteiger partial charge in [0.1, 0.15) is 6.61 Å². The van der Waals surface area contributed by atoms with Crippen LogP contribution >= 0.6 is 7.75 Å². The van der Waals surface area contributed by atoms with Crippen molar-refractivity contribution in [3.63, 3.8) is 0 Å². The highest BCUT2D eigenvalue weighted by molar-refractivity contribution is 7.51. The van der Waals surface area contributed by atoms with Crippen LogP contribution in [0.2, 0.25) is 0 Å². The van der Waals surface area contributed by atoms with E-state index in [0.717, 1.165) is 64.3 Å². The molecular weight excluding hydrogens is 832 g/mol. The van der Waals surface area contributed by atoms with Crippen molar-refractivity contribution >= 4 is 19.7 Å². The highest BCUT2D eigenvalue weighted by atomic mass is 31.2. The average molecular weight is 942 g/mol. The van der Waals surface area contributed by atoms with Crippen molar-refractivity contribution in [2.45, 2.75) is 272 Å². The van der Waals surface area contributed by atoms with Crippen LogP contribution in [0.4, 0.5) is 0 Å². The Morgan fingerprint density at radius 2 is 1.00 bits per heavy atom. The van der Waals surface area contributed by atoms with Gasteiger partial charge in [-0.1, -0.05) is 221 Å². The number of hydrogen-bond acceptors (Lipinski definition) is 7. The normalized spacial score (nSPS) is 18.3. The molecule has 5 atom stereocenters. The summed E-state index contributed by atoms with van der Waals surface area (Å²) in [5.74, 6) is 0.506. The van der Waals surface area contributed by atoms with Gasteiger partial charge in [0, 0.05) is 12.8 Å². The minimum Gasteiger partial charge on any atom is -0.462 e. The number of ether oxygens (including phenoxy) is 2. The summed E-state index contributed by atoms with van der Waals surface area (Å²) in [7, 11) is 4.32. The summed E-state index contributed by atoms with van der Waals surface area (Å²) < 4.78 is 42.0. The maximum Gasteiger partial charge on any atom is 0.408 e. The van der Waals surface area contributed by atoms with Crippen molar-refractivity contribution in [3.8, 4) is 0 Å². The zero-order chi connectivity index (χ0) is 48.0. The first-order valence-corrected chi connectivity index (χ1v) is 29.5. The van der Waals surface area contributed by atoms with Gasteiger partial charge in [-0.3, -0.25) is 18.6 Å². The van der Waals surface area contributed by atoms with Crippen molar-refractivity contribution in [1.82, 2.24) is 4.67 Å². The molecule has 0 heterocycles. The van der Waals surface area contributed by atoms with Crippen molar-refractivity contribution in [1.29, 1.82) is 0 Å². The molecule has 0 aromatic heterocycles. The van der Waals surface area contributed by atoms with Gasteiger partial charge in [-0.05, 0) is 50.5 Å². The minimum atomic E-state index is -3.82. The van der Waals surface area contributed by atoms with Crippen LogP contribution in [-0.4, -0.2) is 87.8 Å². The molecular formula is C55H110N2O7P+. The summed E-state index contributed by atoms with van der Waals surface area (Å²) >= 11 is 0. The molecule has 0 aromatic rings. The molecule has 0 radical (unpaired) electrons. The Morgan fingerprint density at radius 3 is 1.40 bits per heavy atom. The fraction of sp³-hybridized carbons (Fsp3) is 0.964. The van der Waals surface area contributed by atoms with Crippen LogP contribution in [0.15, 0.2) is 0 Å². The van der Waals surface area contributed by atoms with Crippen LogP contribution < -0.4 is 0 Å². The number of quaternary nitrogens is 1. The lowest BCUT2D eigenvalue weighted by atomic mass is 9.75. The van der Waals surface area contributed by atoms with Gasteiger partial charge in [-0.2, -0.15) is 0 Å². The van der Waals surface area contributed by atoms with Crippen molar-refractivity contribution in [2.75, 3.05) is 54.5 Å². The zero-order valence-electron chi connectivity index (χ0n) is 44.7. The van der Waals surface area contributed by atoms with E-state index < -0.39 is 13.9 Å². The first-order chi connectivity index (χ1) is 31.2. The third-order valence-electron chi connectivity index (χ3n) is 13.9. The number of hydrogen-bond donors (Lipinski definition) is 0. The van der Waals surface area contributed by atoms with E-state index in [0.29, 0.717) is 35.7 Å². The molecule has 9 nitrogen and oxygen atoms in total. The molecule has 1 rings (SSSR count). The van der Waals surface area contributed by atoms with Gasteiger partial charge in [0.2, 0.25) is 0 Å². The topological polar surface area (TPSA) is 91.4 Å². The molecule has 0 aromatic carbocycles. The summed E-state index contributed by atoms with van der Waals surface area (Å²) in [6.45, 7) is 12.2. The molecule has 0 spiro atoms. The minimum absolute atomic E-state index is 0.125. The lowest BCUT2D eigenvalue weighted by molar-refractivity contribution is -0.869. The maximum atomic E-state index is 14.9. The Bertz CT molecular complexity index is 1180. The molecule has 10 heteroatoms. The summed E-state index contributed by atoms with van der Waals surface area (Å²) in [5.41, 5.74) is 0. The maximum absolute atomic E-state index is 14.9. The van der Waals surface area contributed by atoms with E-state index in [2.05, 4.69) is 55.8 Å². The number of rotatable bonds is 45. The number of unbranched alkanes of at least 4 members (excludes halogenated alkanes) is 28. The van der Waals surface area contributed by atoms with Crippen LogP contribution in [0.25, 0.3) is 0 Å². The molecule has 0 aliphatic heterocycles. The molecule has 0 bridgehead atoms. The molecule has 65 heavy (non-hydrogen) atoms. The summed E-state index contributed by atoms with van der Waals surface area (Å²) in [6, 6.07) is 0. The molecule has 1 aliphatic rings. The fourth-order valence-electron chi connectivity index (χ4n) is 9.26. The average Bonchev–Trinajstić information content (AvgIpc) is 3.26. The predicted molar refractivity (Wildman–Crippen MR) is 275 cm³/mol. The molecule has 386 valence electrons. The van der Waals surface area contributed by atoms with E-state index in [1.807, 2.05) is 7.05 Å². The first-order valence-electron chi connectivity index (χ1n) is 28.0. The second kappa shape index (κ2) is 39.8. The van der Waals surface area contributed by atoms with Crippen LogP contribution in [-0.2, 0) is 32.7 Å². The quantitative estimate of drug-likeness (QED) is 0.0258. The van der Waals surface area contributed by atoms with Gasteiger partial charge in [0.25, 0.3) is 0 Å². The summed E-state index contributed by atoms with van der Waals surface area (Å²) in [5, 5.41) is 0. The molecule has 0 amide bonds. The Hall–Kier alpha value is -0.990. The second-order valence-electron chi connectivity index (χ2n) is 21.8. The molecule has 0 saturated heterocycles. The second-order valence-corrected chi connectivity index (χ2v) is 23.9. The first kappa shape index (κ1) is 62.0. The predicted octanol–water partition coefficient (Wildman–Crippen LogP) is 16.2. The standard InChI is InChI=1S/C55H110N2O7P/c1-10-12-14-16-18-20-22-24-26-28-30-32-34-36-38-40-54(58)61-47-51(63-55(59)41-39-37-35-33-31-29-27-25-23-21-19-17-15-13-11-2)48-62-65(60,56(6)44-45-57(7,8)9)64-53-46-50(5)42-43-52(53)49(3)4/h49-53H,10-48H2,1-9H3/q+1/t50-,51+,52+,53-,65?/m1/s1. The van der Waals surface area contributed by atoms with Crippen molar-refractivity contribution in [3.05, 3.63) is 0 Å². The lowest BCUT2D eigenvalue weighted by Crippen LogP contribution is -2.42. The number of carbonyl (C=O) groups excluding carboxylic acids is 2. The molecule has 1 saturated carbocycles. The fourth-order valence-corrected chi connectivity index (χ4v) is 11.0. The molecule has 0 N–H and O–H groups in total. The SMILES string of the molecule is CCCCCCCCCCCCCCCCCC(=O)OC[C@@H](COP(=O)(O[C@@H]1C[C@H](C)CC[C@H]1C(C)C)N(C)CC[N+](C)(C)C)OC(=O)CCCCCCCCCCCCCCCCC. The zero-order valence-corrected chi connectivity index (χ0v) is 45.6. The van der Waals surface area contributed by atoms with E-state index in [1.165, 1.54) is 154 Å². The van der Waals surface area contributed by atoms with Crippen LogP contribution in [0.5, 0.6) is 0 Å². The van der Waals surface area contributed by atoms with E-state index in [1.54, 1.807) is 4.67 Å². The van der Waals surface area contributed by atoms with Crippen LogP contribution in [0.1, 0.15) is 259 Å². The Morgan fingerprint density at radius 1 is 0.600 bits per heavy atom. The number of likely N-dealkylation sites (N-methyl/N-ethyl adjacent to an activating group) is 2. The molecule has 1 aliphatic carbocycles. The van der Waals surface area contributed by atoms with Gasteiger partial charge >= 0.3 is 19.7 Å². The highest BCUT2D eigenvalue weighted by Gasteiger charge is 2.41. The Kier molecular flexibility index (Phi) is 38.0. The van der Waals surface area contributed by atoms with Gasteiger partial charge in [-0.15, -0.1) is 0 Å². The van der Waals surface area contributed by atoms with E-state index in [-0.39, 0.29) is 37.2 Å². The van der Waals surface area contributed by atoms with Crippen LogP contribution in [0.3, 0.4) is 0 Å². The lowest BCUT2D eigenvalue weighted by Gasteiger charge is -2.40. The number of esters is 2. The molecule has 1 unspecified atom stereocenters. The van der Waals surface area contributed by atoms with E-state index in [4.69, 9.17) is 18.5 Å². The summed E-state index contributed by atoms with van der Waals surface area (Å²) in [6.07, 6.45) is 40.5. The smallest absolute Gasteiger partial charge is 0.408 e. The van der Waals surface area contributed by atoms with Crippen molar-refractivity contribution in [2.24, 2.45) is 17.8 Å². The monoisotopic (exact) mass is 942 g/mol.